The fourth-order valence-corrected chi connectivity index (χ4v) is 0.871. The van der Waals surface area contributed by atoms with Gasteiger partial charge in [-0.1, -0.05) is 0 Å². The van der Waals surface area contributed by atoms with Crippen LogP contribution in [0, 0.1) is 0 Å². The molecule has 0 aromatic carbocycles. The zero-order valence-electron chi connectivity index (χ0n) is 5.47. The zero-order valence-corrected chi connectivity index (χ0v) is 8.31. The molecule has 57 valence electrons. The van der Waals surface area contributed by atoms with Gasteiger partial charge in [0.05, 0.1) is 12.7 Å². The van der Waals surface area contributed by atoms with Gasteiger partial charge in [-0.3, -0.25) is 0 Å². The van der Waals surface area contributed by atoms with Gasteiger partial charge in [-0.15, -0.1) is 0 Å². The number of ether oxygens (including phenoxy) is 1. The van der Waals surface area contributed by atoms with Crippen LogP contribution in [0.1, 0.15) is 6.42 Å². The van der Waals surface area contributed by atoms with Gasteiger partial charge in [0, 0.05) is 39.1 Å². The van der Waals surface area contributed by atoms with Crippen molar-refractivity contribution in [1.29, 1.82) is 0 Å². The molecular weight excluding hydrogens is 213 g/mol. The van der Waals surface area contributed by atoms with Gasteiger partial charge in [0.2, 0.25) is 0 Å². The molecule has 0 spiro atoms. The summed E-state index contributed by atoms with van der Waals surface area (Å²) in [5, 5.41) is 26.1. The van der Waals surface area contributed by atoms with Gasteiger partial charge >= 0.3 is 0 Å². The van der Waals surface area contributed by atoms with Crippen molar-refractivity contribution in [2.45, 2.75) is 24.9 Å². The van der Waals surface area contributed by atoms with E-state index in [1.807, 2.05) is 0 Å². The molecule has 10 heavy (non-hydrogen) atoms. The molecule has 1 fully saturated rings. The number of rotatable bonds is 1. The maximum Gasteiger partial charge on any atom is 0.157 e. The molecule has 0 amide bonds. The van der Waals surface area contributed by atoms with Gasteiger partial charge in [0.1, 0.15) is 6.10 Å². The van der Waals surface area contributed by atoms with Crippen molar-refractivity contribution in [1.82, 2.24) is 0 Å². The topological polar surface area (TPSA) is 69.9 Å². The minimum absolute atomic E-state index is 0. The molecule has 1 aliphatic heterocycles. The van der Waals surface area contributed by atoms with Crippen molar-refractivity contribution in [3.63, 3.8) is 0 Å². The van der Waals surface area contributed by atoms with Crippen LogP contribution in [0.25, 0.3) is 0 Å². The summed E-state index contributed by atoms with van der Waals surface area (Å²) in [5.74, 6) is 0. The zero-order chi connectivity index (χ0) is 6.85. The van der Waals surface area contributed by atoms with Crippen molar-refractivity contribution >= 4 is 0 Å². The largest absolute Gasteiger partial charge is 0.394 e. The summed E-state index contributed by atoms with van der Waals surface area (Å²) in [6.07, 6.45) is -2.02. The van der Waals surface area contributed by atoms with Gasteiger partial charge in [-0.2, -0.15) is 0 Å². The third-order valence-electron chi connectivity index (χ3n) is 1.38. The Morgan fingerprint density at radius 2 is 2.00 bits per heavy atom. The summed E-state index contributed by atoms with van der Waals surface area (Å²) in [7, 11) is 0. The molecule has 1 saturated heterocycles. The Kier molecular flexibility index (Phi) is 5.20. The van der Waals surface area contributed by atoms with Gasteiger partial charge in [0.15, 0.2) is 6.29 Å². The molecule has 0 aromatic rings. The van der Waals surface area contributed by atoms with E-state index in [0.29, 0.717) is 0 Å². The molecule has 1 heterocycles. The molecule has 1 aliphatic rings. The summed E-state index contributed by atoms with van der Waals surface area (Å²) in [4.78, 5) is 0. The van der Waals surface area contributed by atoms with Gasteiger partial charge in [-0.05, 0) is 0 Å². The number of hydrogen-bond donors (Lipinski definition) is 3. The minimum Gasteiger partial charge on any atom is -0.394 e. The molecule has 0 saturated carbocycles. The fourth-order valence-electron chi connectivity index (χ4n) is 0.871. The van der Waals surface area contributed by atoms with E-state index in [1.165, 1.54) is 0 Å². The molecule has 1 rings (SSSR count). The average Bonchev–Trinajstić information content (AvgIpc) is 2.10. The third-order valence-corrected chi connectivity index (χ3v) is 1.38. The van der Waals surface area contributed by atoms with Crippen molar-refractivity contribution in [3.05, 3.63) is 0 Å². The van der Waals surface area contributed by atoms with E-state index in [1.54, 1.807) is 0 Å². The fraction of sp³-hybridized carbons (Fsp3) is 1.00. The maximum atomic E-state index is 8.91. The van der Waals surface area contributed by atoms with Crippen molar-refractivity contribution < 1.29 is 52.8 Å². The van der Waals surface area contributed by atoms with Crippen LogP contribution in [0.5, 0.6) is 0 Å². The normalized spacial score (nSPS) is 39.3. The molecular formula is C5H10O4Y. The van der Waals surface area contributed by atoms with Crippen LogP contribution in [-0.4, -0.2) is 40.4 Å². The van der Waals surface area contributed by atoms with Crippen molar-refractivity contribution in [2.75, 3.05) is 6.61 Å². The molecule has 4 nitrogen and oxygen atoms in total. The Bertz CT molecular complexity index is 99.6. The van der Waals surface area contributed by atoms with E-state index < -0.39 is 18.5 Å². The predicted octanol–water partition coefficient (Wildman–Crippen LogP) is -1.56. The molecule has 1 radical (unpaired) electrons. The second-order valence-corrected chi connectivity index (χ2v) is 2.11. The van der Waals surface area contributed by atoms with Crippen molar-refractivity contribution in [3.8, 4) is 0 Å². The van der Waals surface area contributed by atoms with Gasteiger partial charge in [0.25, 0.3) is 0 Å². The first kappa shape index (κ1) is 10.9. The standard InChI is InChI=1S/C5H10O4.Y/c6-2-4-3(7)1-5(8)9-4;/h3-8H,1-2H2;. The first-order valence-corrected chi connectivity index (χ1v) is 2.86. The monoisotopic (exact) mass is 223 g/mol. The van der Waals surface area contributed by atoms with Gasteiger partial charge in [-0.25, -0.2) is 0 Å². The third kappa shape index (κ3) is 2.53. The van der Waals surface area contributed by atoms with E-state index in [2.05, 4.69) is 4.74 Å². The molecule has 0 aromatic heterocycles. The number of aliphatic hydroxyl groups excluding tert-OH is 3. The SMILES string of the molecule is OCC1OC(O)CC1O.[Y]. The Hall–Kier alpha value is 0.944. The van der Waals surface area contributed by atoms with E-state index in [-0.39, 0.29) is 45.7 Å². The van der Waals surface area contributed by atoms with Crippen LogP contribution < -0.4 is 0 Å². The van der Waals surface area contributed by atoms with Crippen LogP contribution in [0.4, 0.5) is 0 Å². The summed E-state index contributed by atoms with van der Waals surface area (Å²) >= 11 is 0. The first-order valence-electron chi connectivity index (χ1n) is 2.86. The molecule has 5 heteroatoms. The number of aliphatic hydroxyl groups is 3. The molecule has 3 atom stereocenters. The first-order chi connectivity index (χ1) is 4.24. The van der Waals surface area contributed by atoms with Crippen LogP contribution in [0.3, 0.4) is 0 Å². The Balaban J connectivity index is 0.000000810. The van der Waals surface area contributed by atoms with E-state index in [9.17, 15) is 0 Å². The Labute approximate surface area is 84.1 Å². The van der Waals surface area contributed by atoms with Crippen LogP contribution in [0.2, 0.25) is 0 Å². The van der Waals surface area contributed by atoms with E-state index in [4.69, 9.17) is 15.3 Å². The summed E-state index contributed by atoms with van der Waals surface area (Å²) in [6, 6.07) is 0. The van der Waals surface area contributed by atoms with E-state index in [0.717, 1.165) is 0 Å². The quantitative estimate of drug-likeness (QED) is 0.503. The van der Waals surface area contributed by atoms with Crippen LogP contribution >= 0.6 is 0 Å². The second-order valence-electron chi connectivity index (χ2n) is 2.11. The predicted molar refractivity (Wildman–Crippen MR) is 28.6 cm³/mol. The minimum atomic E-state index is -0.905. The maximum absolute atomic E-state index is 8.91. The smallest absolute Gasteiger partial charge is 0.157 e. The molecule has 0 bridgehead atoms. The summed E-state index contributed by atoms with van der Waals surface area (Å²) in [6.45, 7) is -0.238. The Morgan fingerprint density at radius 1 is 1.40 bits per heavy atom. The molecule has 3 unspecified atom stereocenters. The van der Waals surface area contributed by atoms with Crippen LogP contribution in [0.15, 0.2) is 0 Å². The summed E-state index contributed by atoms with van der Waals surface area (Å²) < 4.78 is 4.68. The van der Waals surface area contributed by atoms with Crippen LogP contribution in [-0.2, 0) is 37.4 Å². The van der Waals surface area contributed by atoms with E-state index >= 15 is 0 Å². The molecule has 0 aliphatic carbocycles. The molecule has 3 N–H and O–H groups in total. The summed E-state index contributed by atoms with van der Waals surface area (Å²) in [5.41, 5.74) is 0. The Morgan fingerprint density at radius 3 is 2.20 bits per heavy atom. The van der Waals surface area contributed by atoms with Gasteiger partial charge < -0.3 is 20.1 Å². The average molecular weight is 223 g/mol. The number of hydrogen-bond acceptors (Lipinski definition) is 4. The van der Waals surface area contributed by atoms with Crippen molar-refractivity contribution in [2.24, 2.45) is 0 Å². The second kappa shape index (κ2) is 4.75.